The molecule has 0 saturated heterocycles. The molecular formula is C20H17N. The van der Waals surface area contributed by atoms with E-state index in [-0.39, 0.29) is 0 Å². The zero-order chi connectivity index (χ0) is 15.1. The van der Waals surface area contributed by atoms with Gasteiger partial charge in [0.1, 0.15) is 0 Å². The van der Waals surface area contributed by atoms with Gasteiger partial charge in [0.15, 0.2) is 0 Å². The van der Waals surface area contributed by atoms with Crippen molar-refractivity contribution < 1.29 is 0 Å². The molecule has 0 aliphatic heterocycles. The van der Waals surface area contributed by atoms with Crippen LogP contribution in [0.2, 0.25) is 0 Å². The minimum Gasteiger partial charge on any atom is -0.192 e. The first kappa shape index (κ1) is 14.6. The fraction of sp³-hybridized carbons (Fsp3) is 0.150. The highest BCUT2D eigenvalue weighted by atomic mass is 14.2. The number of allylic oxidation sites excluding steroid dienone is 1. The quantitative estimate of drug-likeness (QED) is 0.731. The monoisotopic (exact) mass is 271 g/mol. The van der Waals surface area contributed by atoms with Gasteiger partial charge >= 0.3 is 0 Å². The molecule has 0 aromatic heterocycles. The summed E-state index contributed by atoms with van der Waals surface area (Å²) in [5.41, 5.74) is 5.41. The third-order valence-corrected chi connectivity index (χ3v) is 3.38. The molecule has 1 heteroatoms. The van der Waals surface area contributed by atoms with Crippen molar-refractivity contribution in [3.8, 4) is 29.5 Å². The van der Waals surface area contributed by atoms with E-state index in [9.17, 15) is 0 Å². The molecule has 2 rings (SSSR count). The summed E-state index contributed by atoms with van der Waals surface area (Å²) in [6, 6.07) is 16.2. The highest BCUT2D eigenvalue weighted by Gasteiger charge is 2.04. The van der Waals surface area contributed by atoms with Crippen LogP contribution in [-0.4, -0.2) is 0 Å². The molecule has 0 aliphatic rings. The van der Waals surface area contributed by atoms with Crippen LogP contribution in [0.5, 0.6) is 0 Å². The zero-order valence-corrected chi connectivity index (χ0v) is 12.1. The van der Waals surface area contributed by atoms with Crippen LogP contribution in [0.4, 0.5) is 0 Å². The van der Waals surface area contributed by atoms with E-state index in [4.69, 9.17) is 11.7 Å². The summed E-state index contributed by atoms with van der Waals surface area (Å²) in [6.07, 6.45) is 11.1. The Hall–Kier alpha value is -2.77. The summed E-state index contributed by atoms with van der Waals surface area (Å²) < 4.78 is 0. The number of nitriles is 1. The number of terminal acetylenes is 1. The van der Waals surface area contributed by atoms with Gasteiger partial charge in [-0.1, -0.05) is 36.4 Å². The fourth-order valence-corrected chi connectivity index (χ4v) is 2.28. The van der Waals surface area contributed by atoms with Crippen LogP contribution in [0.1, 0.15) is 30.0 Å². The molecule has 0 atom stereocenters. The Morgan fingerprint density at radius 2 is 1.81 bits per heavy atom. The fourth-order valence-electron chi connectivity index (χ4n) is 2.28. The summed E-state index contributed by atoms with van der Waals surface area (Å²) in [6.45, 7) is 2.01. The van der Waals surface area contributed by atoms with E-state index in [1.54, 1.807) is 0 Å². The second kappa shape index (κ2) is 7.13. The number of nitrogens with zero attached hydrogens (tertiary/aromatic N) is 1. The van der Waals surface area contributed by atoms with Crippen molar-refractivity contribution in [2.45, 2.75) is 19.8 Å². The first-order valence-corrected chi connectivity index (χ1v) is 6.98. The summed E-state index contributed by atoms with van der Waals surface area (Å²) in [7, 11) is 0. The van der Waals surface area contributed by atoms with Gasteiger partial charge < -0.3 is 0 Å². The largest absolute Gasteiger partial charge is 0.192 e. The van der Waals surface area contributed by atoms with Crippen LogP contribution in [0.15, 0.2) is 48.5 Å². The average molecular weight is 271 g/mol. The first-order chi connectivity index (χ1) is 10.3. The molecule has 0 heterocycles. The third kappa shape index (κ3) is 3.62. The predicted octanol–water partition coefficient (Wildman–Crippen LogP) is 4.82. The third-order valence-electron chi connectivity index (χ3n) is 3.38. The molecule has 0 spiro atoms. The maximum absolute atomic E-state index is 8.86. The summed E-state index contributed by atoms with van der Waals surface area (Å²) in [4.78, 5) is 0. The molecule has 102 valence electrons. The lowest BCUT2D eigenvalue weighted by molar-refractivity contribution is 1.03. The van der Waals surface area contributed by atoms with Crippen molar-refractivity contribution >= 4 is 6.08 Å². The Balaban J connectivity index is 2.39. The van der Waals surface area contributed by atoms with E-state index in [0.29, 0.717) is 5.56 Å². The normalized spacial score (nSPS) is 10.2. The van der Waals surface area contributed by atoms with E-state index in [1.807, 2.05) is 37.3 Å². The van der Waals surface area contributed by atoms with Crippen molar-refractivity contribution in [1.29, 1.82) is 5.26 Å². The molecule has 0 unspecified atom stereocenters. The average Bonchev–Trinajstić information content (AvgIpc) is 2.54. The maximum atomic E-state index is 8.86. The minimum atomic E-state index is 0.679. The Labute approximate surface area is 126 Å². The van der Waals surface area contributed by atoms with E-state index < -0.39 is 0 Å². The lowest BCUT2D eigenvalue weighted by atomic mass is 9.96. The Kier molecular flexibility index (Phi) is 4.97. The Morgan fingerprint density at radius 1 is 1.10 bits per heavy atom. The SMILES string of the molecule is C#CCCc1ccc(-c2ccc(C#N)cc2)cc1/C=C/C. The van der Waals surface area contributed by atoms with Gasteiger partial charge in [-0.2, -0.15) is 5.26 Å². The summed E-state index contributed by atoms with van der Waals surface area (Å²) in [5.74, 6) is 2.69. The smallest absolute Gasteiger partial charge is 0.0991 e. The van der Waals surface area contributed by atoms with Crippen LogP contribution in [-0.2, 0) is 6.42 Å². The molecule has 0 saturated carbocycles. The highest BCUT2D eigenvalue weighted by molar-refractivity contribution is 5.69. The molecule has 0 amide bonds. The molecule has 0 aliphatic carbocycles. The van der Waals surface area contributed by atoms with Gasteiger partial charge in [-0.05, 0) is 53.8 Å². The lowest BCUT2D eigenvalue weighted by Crippen LogP contribution is -1.90. The van der Waals surface area contributed by atoms with E-state index >= 15 is 0 Å². The van der Waals surface area contributed by atoms with E-state index in [0.717, 1.165) is 24.0 Å². The van der Waals surface area contributed by atoms with Crippen LogP contribution in [0.3, 0.4) is 0 Å². The van der Waals surface area contributed by atoms with Crippen molar-refractivity contribution in [1.82, 2.24) is 0 Å². The van der Waals surface area contributed by atoms with Crippen LogP contribution in [0.25, 0.3) is 17.2 Å². The van der Waals surface area contributed by atoms with E-state index in [1.165, 1.54) is 11.1 Å². The van der Waals surface area contributed by atoms with Gasteiger partial charge in [-0.3, -0.25) is 0 Å². The zero-order valence-electron chi connectivity index (χ0n) is 12.1. The molecule has 0 radical (unpaired) electrons. The first-order valence-electron chi connectivity index (χ1n) is 6.98. The van der Waals surface area contributed by atoms with Crippen molar-refractivity contribution in [2.24, 2.45) is 0 Å². The van der Waals surface area contributed by atoms with Crippen molar-refractivity contribution in [3.63, 3.8) is 0 Å². The van der Waals surface area contributed by atoms with Crippen LogP contribution in [0, 0.1) is 23.7 Å². The summed E-state index contributed by atoms with van der Waals surface area (Å²) >= 11 is 0. The van der Waals surface area contributed by atoms with Crippen molar-refractivity contribution in [2.75, 3.05) is 0 Å². The Bertz CT molecular complexity index is 722. The predicted molar refractivity (Wildman–Crippen MR) is 88.5 cm³/mol. The Morgan fingerprint density at radius 3 is 2.43 bits per heavy atom. The second-order valence-corrected chi connectivity index (χ2v) is 4.81. The summed E-state index contributed by atoms with van der Waals surface area (Å²) in [5, 5.41) is 8.86. The number of benzene rings is 2. The molecular weight excluding hydrogens is 254 g/mol. The molecule has 1 nitrogen and oxygen atoms in total. The molecule has 0 fully saturated rings. The van der Waals surface area contributed by atoms with Gasteiger partial charge in [0, 0.05) is 6.42 Å². The van der Waals surface area contributed by atoms with Gasteiger partial charge in [-0.15, -0.1) is 12.3 Å². The second-order valence-electron chi connectivity index (χ2n) is 4.81. The maximum Gasteiger partial charge on any atom is 0.0991 e. The van der Waals surface area contributed by atoms with Gasteiger partial charge in [0.2, 0.25) is 0 Å². The van der Waals surface area contributed by atoms with Gasteiger partial charge in [0.05, 0.1) is 11.6 Å². The number of hydrogen-bond acceptors (Lipinski definition) is 1. The van der Waals surface area contributed by atoms with Crippen LogP contribution < -0.4 is 0 Å². The molecule has 21 heavy (non-hydrogen) atoms. The molecule has 2 aromatic rings. The lowest BCUT2D eigenvalue weighted by Gasteiger charge is -2.09. The van der Waals surface area contributed by atoms with Gasteiger partial charge in [0.25, 0.3) is 0 Å². The van der Waals surface area contributed by atoms with E-state index in [2.05, 4.69) is 36.3 Å². The van der Waals surface area contributed by atoms with Crippen LogP contribution >= 0.6 is 0 Å². The molecule has 2 aromatic carbocycles. The molecule has 0 N–H and O–H groups in total. The number of hydrogen-bond donors (Lipinski definition) is 0. The number of aryl methyl sites for hydroxylation is 1. The molecule has 0 bridgehead atoms. The standard InChI is InChI=1S/C20H17N/c1-3-5-7-17-12-13-20(14-19(17)6-4-2)18-10-8-16(15-21)9-11-18/h1,4,6,8-14H,5,7H2,2H3/b6-4+. The highest BCUT2D eigenvalue weighted by Crippen LogP contribution is 2.24. The topological polar surface area (TPSA) is 23.8 Å². The van der Waals surface area contributed by atoms with Gasteiger partial charge in [-0.25, -0.2) is 0 Å². The number of rotatable bonds is 4. The van der Waals surface area contributed by atoms with Crippen molar-refractivity contribution in [3.05, 3.63) is 65.2 Å². The minimum absolute atomic E-state index is 0.679.